The molecule has 2 amide bonds. The van der Waals surface area contributed by atoms with Crippen molar-refractivity contribution in [1.82, 2.24) is 4.98 Å². The molecule has 1 fully saturated rings. The summed E-state index contributed by atoms with van der Waals surface area (Å²) in [5, 5.41) is 12.1. The number of benzene rings is 1. The van der Waals surface area contributed by atoms with Gasteiger partial charge in [-0.2, -0.15) is 0 Å². The van der Waals surface area contributed by atoms with Gasteiger partial charge < -0.3 is 15.3 Å². The molecule has 1 aromatic heterocycles. The number of hydrogen-bond donors (Lipinski definition) is 2. The standard InChI is InChI=1S/C21H21N3O4/c1-21(2)16(17(21)20(27)28)18(25)23-14-6-5-12-7-9-24(15(12)10-14)19(26)13-4-3-8-22-11-13/h3-6,8,10-11,16-17H,7,9H2,1-2H3,(H,23,25)(H,27,28)/t16-,17-/m0/s1. The van der Waals surface area contributed by atoms with E-state index in [-0.39, 0.29) is 11.8 Å². The SMILES string of the molecule is CC1(C)[C@H](C(=O)O)[C@H]1C(=O)Nc1ccc2c(c1)N(C(=O)c1cccnc1)CC2. The van der Waals surface area contributed by atoms with E-state index in [2.05, 4.69) is 10.3 Å². The van der Waals surface area contributed by atoms with Crippen molar-refractivity contribution in [3.8, 4) is 0 Å². The highest BCUT2D eigenvalue weighted by molar-refractivity contribution is 6.08. The zero-order valence-corrected chi connectivity index (χ0v) is 15.7. The van der Waals surface area contributed by atoms with E-state index in [1.807, 2.05) is 6.07 Å². The van der Waals surface area contributed by atoms with Crippen molar-refractivity contribution in [1.29, 1.82) is 0 Å². The molecular weight excluding hydrogens is 358 g/mol. The van der Waals surface area contributed by atoms with Crippen LogP contribution in [0, 0.1) is 17.3 Å². The molecule has 4 rings (SSSR count). The third-order valence-corrected chi connectivity index (χ3v) is 5.78. The Morgan fingerprint density at radius 3 is 2.64 bits per heavy atom. The zero-order valence-electron chi connectivity index (χ0n) is 15.7. The molecule has 1 aliphatic heterocycles. The Hall–Kier alpha value is -3.22. The number of aliphatic carboxylic acids is 1. The zero-order chi connectivity index (χ0) is 20.1. The van der Waals surface area contributed by atoms with Crippen LogP contribution in [0.3, 0.4) is 0 Å². The number of carbonyl (C=O) groups excluding carboxylic acids is 2. The highest BCUT2D eigenvalue weighted by Crippen LogP contribution is 2.58. The fourth-order valence-electron chi connectivity index (χ4n) is 4.12. The first-order chi connectivity index (χ1) is 13.3. The van der Waals surface area contributed by atoms with Crippen LogP contribution in [-0.4, -0.2) is 34.4 Å². The summed E-state index contributed by atoms with van der Waals surface area (Å²) in [5.74, 6) is -2.63. The van der Waals surface area contributed by atoms with Gasteiger partial charge >= 0.3 is 5.97 Å². The van der Waals surface area contributed by atoms with Crippen LogP contribution in [0.25, 0.3) is 0 Å². The van der Waals surface area contributed by atoms with Crippen molar-refractivity contribution < 1.29 is 19.5 Å². The lowest BCUT2D eigenvalue weighted by molar-refractivity contribution is -0.140. The number of carboxylic acids is 1. The predicted octanol–water partition coefficient (Wildman–Crippen LogP) is 2.58. The average molecular weight is 379 g/mol. The second-order valence-corrected chi connectivity index (χ2v) is 7.90. The fraction of sp³-hybridized carbons (Fsp3) is 0.333. The predicted molar refractivity (Wildman–Crippen MR) is 103 cm³/mol. The molecule has 0 spiro atoms. The Balaban J connectivity index is 1.54. The van der Waals surface area contributed by atoms with E-state index in [9.17, 15) is 19.5 Å². The Labute approximate surface area is 162 Å². The van der Waals surface area contributed by atoms with Gasteiger partial charge in [-0.3, -0.25) is 19.4 Å². The molecule has 1 saturated carbocycles. The number of aromatic nitrogens is 1. The summed E-state index contributed by atoms with van der Waals surface area (Å²) < 4.78 is 0. The van der Waals surface area contributed by atoms with Crippen LogP contribution < -0.4 is 10.2 Å². The summed E-state index contributed by atoms with van der Waals surface area (Å²) in [6, 6.07) is 8.91. The molecule has 7 heteroatoms. The van der Waals surface area contributed by atoms with Crippen LogP contribution in [0.4, 0.5) is 11.4 Å². The number of nitrogens with one attached hydrogen (secondary N) is 1. The molecule has 2 aliphatic rings. The minimum atomic E-state index is -0.952. The monoisotopic (exact) mass is 379 g/mol. The molecule has 0 saturated heterocycles. The van der Waals surface area contributed by atoms with Crippen molar-refractivity contribution in [2.75, 3.05) is 16.8 Å². The van der Waals surface area contributed by atoms with E-state index in [1.54, 1.807) is 49.2 Å². The van der Waals surface area contributed by atoms with Crippen molar-refractivity contribution >= 4 is 29.2 Å². The molecule has 2 N–H and O–H groups in total. The number of hydrogen-bond acceptors (Lipinski definition) is 4. The second-order valence-electron chi connectivity index (χ2n) is 7.90. The molecule has 2 heterocycles. The summed E-state index contributed by atoms with van der Waals surface area (Å²) >= 11 is 0. The Bertz CT molecular complexity index is 971. The van der Waals surface area contributed by atoms with E-state index < -0.39 is 23.2 Å². The molecule has 7 nitrogen and oxygen atoms in total. The molecule has 28 heavy (non-hydrogen) atoms. The number of amides is 2. The minimum Gasteiger partial charge on any atom is -0.481 e. The first-order valence-corrected chi connectivity index (χ1v) is 9.19. The number of carbonyl (C=O) groups is 3. The number of pyridine rings is 1. The third-order valence-electron chi connectivity index (χ3n) is 5.78. The summed E-state index contributed by atoms with van der Waals surface area (Å²) in [7, 11) is 0. The second kappa shape index (κ2) is 6.44. The van der Waals surface area contributed by atoms with Gasteiger partial charge in [0, 0.05) is 30.3 Å². The van der Waals surface area contributed by atoms with E-state index in [4.69, 9.17) is 0 Å². The lowest BCUT2D eigenvalue weighted by Gasteiger charge is -2.18. The van der Waals surface area contributed by atoms with Crippen molar-refractivity contribution in [2.24, 2.45) is 17.3 Å². The van der Waals surface area contributed by atoms with Gasteiger partial charge in [0.2, 0.25) is 5.91 Å². The molecule has 1 aliphatic carbocycles. The maximum Gasteiger partial charge on any atom is 0.307 e. The van der Waals surface area contributed by atoms with Crippen molar-refractivity contribution in [3.63, 3.8) is 0 Å². The van der Waals surface area contributed by atoms with E-state index in [1.165, 1.54) is 6.20 Å². The number of fused-ring (bicyclic) bond motifs is 1. The summed E-state index contributed by atoms with van der Waals surface area (Å²) in [5.41, 5.74) is 2.30. The van der Waals surface area contributed by atoms with Crippen molar-refractivity contribution in [3.05, 3.63) is 53.9 Å². The normalized spacial score (nSPS) is 21.7. The molecule has 0 unspecified atom stereocenters. The quantitative estimate of drug-likeness (QED) is 0.851. The fourth-order valence-corrected chi connectivity index (χ4v) is 4.12. The minimum absolute atomic E-state index is 0.135. The molecule has 0 bridgehead atoms. The van der Waals surface area contributed by atoms with Crippen LogP contribution in [0.2, 0.25) is 0 Å². The topological polar surface area (TPSA) is 99.6 Å². The van der Waals surface area contributed by atoms with Gasteiger partial charge in [-0.15, -0.1) is 0 Å². The van der Waals surface area contributed by atoms with Crippen LogP contribution in [0.1, 0.15) is 29.8 Å². The lowest BCUT2D eigenvalue weighted by Crippen LogP contribution is -2.29. The molecule has 2 aromatic rings. The first-order valence-electron chi connectivity index (χ1n) is 9.19. The smallest absolute Gasteiger partial charge is 0.307 e. The Morgan fingerprint density at radius 1 is 1.21 bits per heavy atom. The maximum atomic E-state index is 12.8. The van der Waals surface area contributed by atoms with Gasteiger partial charge in [0.05, 0.1) is 17.4 Å². The van der Waals surface area contributed by atoms with Gasteiger partial charge in [0.25, 0.3) is 5.91 Å². The molecule has 144 valence electrons. The highest BCUT2D eigenvalue weighted by atomic mass is 16.4. The van der Waals surface area contributed by atoms with E-state index in [0.29, 0.717) is 17.8 Å². The van der Waals surface area contributed by atoms with Gasteiger partial charge in [-0.1, -0.05) is 19.9 Å². The van der Waals surface area contributed by atoms with E-state index in [0.717, 1.165) is 17.7 Å². The van der Waals surface area contributed by atoms with Gasteiger partial charge in [0.15, 0.2) is 0 Å². The third kappa shape index (κ3) is 2.93. The Morgan fingerprint density at radius 2 is 2.00 bits per heavy atom. The van der Waals surface area contributed by atoms with E-state index >= 15 is 0 Å². The van der Waals surface area contributed by atoms with Crippen LogP contribution in [-0.2, 0) is 16.0 Å². The maximum absolute atomic E-state index is 12.8. The van der Waals surface area contributed by atoms with Crippen LogP contribution in [0.5, 0.6) is 0 Å². The van der Waals surface area contributed by atoms with Crippen LogP contribution in [0.15, 0.2) is 42.7 Å². The summed E-state index contributed by atoms with van der Waals surface area (Å²) in [4.78, 5) is 42.4. The average Bonchev–Trinajstić information content (AvgIpc) is 3.04. The summed E-state index contributed by atoms with van der Waals surface area (Å²) in [6.45, 7) is 4.14. The Kier molecular flexibility index (Phi) is 4.18. The number of nitrogens with zero attached hydrogens (tertiary/aromatic N) is 2. The largest absolute Gasteiger partial charge is 0.481 e. The molecule has 0 radical (unpaired) electrons. The first kappa shape index (κ1) is 18.2. The number of carboxylic acid groups (broad SMARTS) is 1. The van der Waals surface area contributed by atoms with Gasteiger partial charge in [-0.25, -0.2) is 0 Å². The highest BCUT2D eigenvalue weighted by Gasteiger charge is 2.65. The summed E-state index contributed by atoms with van der Waals surface area (Å²) in [6.07, 6.45) is 3.89. The lowest BCUT2D eigenvalue weighted by atomic mass is 10.1. The molecule has 2 atom stereocenters. The van der Waals surface area contributed by atoms with Crippen LogP contribution >= 0.6 is 0 Å². The number of anilines is 2. The van der Waals surface area contributed by atoms with Crippen molar-refractivity contribution in [2.45, 2.75) is 20.3 Å². The molecular formula is C21H21N3O4. The number of rotatable bonds is 4. The van der Waals surface area contributed by atoms with Gasteiger partial charge in [0.1, 0.15) is 0 Å². The molecule has 1 aromatic carbocycles. The van der Waals surface area contributed by atoms with Gasteiger partial charge in [-0.05, 0) is 41.7 Å².